The van der Waals surface area contributed by atoms with E-state index in [1.54, 1.807) is 29.2 Å². The zero-order valence-corrected chi connectivity index (χ0v) is 26.1. The van der Waals surface area contributed by atoms with E-state index in [-0.39, 0.29) is 43.8 Å². The number of hydrogen-bond donors (Lipinski definition) is 1. The molecule has 0 unspecified atom stereocenters. The second-order valence-corrected chi connectivity index (χ2v) is 12.6. The van der Waals surface area contributed by atoms with Gasteiger partial charge in [0.05, 0.1) is 19.1 Å². The predicted molar refractivity (Wildman–Crippen MR) is 168 cm³/mol. The molecular formula is C33H43N3O5S. The number of benzene rings is 3. The zero-order chi connectivity index (χ0) is 30.7. The topological polar surface area (TPSA) is 96.0 Å². The van der Waals surface area contributed by atoms with Crippen LogP contribution in [0.15, 0.2) is 78.9 Å². The van der Waals surface area contributed by atoms with Crippen molar-refractivity contribution >= 4 is 27.5 Å². The Kier molecular flexibility index (Phi) is 12.0. The molecule has 3 rings (SSSR count). The summed E-state index contributed by atoms with van der Waals surface area (Å²) in [6, 6.07) is 23.7. The SMILES string of the molecule is CC[C@H](C)NC(=O)[C@H](Cc1ccccc1)N(Cc1cccc(C)c1)C(=O)CCCN(c1ccccc1OC)S(C)(=O)=O. The number of para-hydroxylation sites is 2. The third-order valence-corrected chi connectivity index (χ3v) is 8.39. The van der Waals surface area contributed by atoms with Crippen molar-refractivity contribution in [2.45, 2.75) is 65.1 Å². The molecule has 0 saturated heterocycles. The van der Waals surface area contributed by atoms with Gasteiger partial charge >= 0.3 is 0 Å². The smallest absolute Gasteiger partial charge is 0.243 e. The second-order valence-electron chi connectivity index (χ2n) is 10.6. The van der Waals surface area contributed by atoms with Crippen LogP contribution < -0.4 is 14.4 Å². The lowest BCUT2D eigenvalue weighted by molar-refractivity contribution is -0.141. The lowest BCUT2D eigenvalue weighted by Gasteiger charge is -2.33. The minimum atomic E-state index is -3.64. The summed E-state index contributed by atoms with van der Waals surface area (Å²) in [5.74, 6) is 0.00572. The highest BCUT2D eigenvalue weighted by Crippen LogP contribution is 2.30. The van der Waals surface area contributed by atoms with Crippen molar-refractivity contribution in [3.8, 4) is 5.75 Å². The number of carbonyl (C=O) groups excluding carboxylic acids is 2. The summed E-state index contributed by atoms with van der Waals surface area (Å²) < 4.78 is 32.1. The van der Waals surface area contributed by atoms with Crippen LogP contribution >= 0.6 is 0 Å². The monoisotopic (exact) mass is 593 g/mol. The molecule has 0 aliphatic rings. The summed E-state index contributed by atoms with van der Waals surface area (Å²) in [4.78, 5) is 29.3. The summed E-state index contributed by atoms with van der Waals surface area (Å²) in [7, 11) is -2.16. The van der Waals surface area contributed by atoms with E-state index in [4.69, 9.17) is 4.74 Å². The Balaban J connectivity index is 1.91. The van der Waals surface area contributed by atoms with Gasteiger partial charge in [0.25, 0.3) is 0 Å². The Morgan fingerprint density at radius 3 is 2.26 bits per heavy atom. The largest absolute Gasteiger partial charge is 0.495 e. The molecule has 9 heteroatoms. The Morgan fingerprint density at radius 1 is 0.952 bits per heavy atom. The van der Waals surface area contributed by atoms with Gasteiger partial charge in [-0.3, -0.25) is 13.9 Å². The van der Waals surface area contributed by atoms with E-state index >= 15 is 0 Å². The second kappa shape index (κ2) is 15.4. The van der Waals surface area contributed by atoms with Gasteiger partial charge in [-0.2, -0.15) is 0 Å². The maximum Gasteiger partial charge on any atom is 0.243 e. The van der Waals surface area contributed by atoms with Gasteiger partial charge in [-0.25, -0.2) is 8.42 Å². The van der Waals surface area contributed by atoms with Gasteiger partial charge in [0.1, 0.15) is 11.8 Å². The van der Waals surface area contributed by atoms with E-state index in [2.05, 4.69) is 5.32 Å². The summed E-state index contributed by atoms with van der Waals surface area (Å²) in [5.41, 5.74) is 3.35. The molecule has 0 aliphatic carbocycles. The molecule has 0 saturated carbocycles. The number of amides is 2. The quantitative estimate of drug-likeness (QED) is 0.264. The molecule has 3 aromatic carbocycles. The van der Waals surface area contributed by atoms with Crippen molar-refractivity contribution in [1.82, 2.24) is 10.2 Å². The molecule has 2 amide bonds. The average Bonchev–Trinajstić information content (AvgIpc) is 2.96. The summed E-state index contributed by atoms with van der Waals surface area (Å²) in [5, 5.41) is 3.08. The third kappa shape index (κ3) is 9.34. The minimum absolute atomic E-state index is 0.0455. The van der Waals surface area contributed by atoms with Crippen LogP contribution in [0.4, 0.5) is 5.69 Å². The van der Waals surface area contributed by atoms with Crippen LogP contribution in [0.3, 0.4) is 0 Å². The number of anilines is 1. The first-order chi connectivity index (χ1) is 20.0. The number of hydrogen-bond acceptors (Lipinski definition) is 5. The van der Waals surface area contributed by atoms with E-state index in [0.717, 1.165) is 29.4 Å². The van der Waals surface area contributed by atoms with E-state index in [1.165, 1.54) is 11.4 Å². The van der Waals surface area contributed by atoms with Gasteiger partial charge < -0.3 is 15.0 Å². The van der Waals surface area contributed by atoms with Crippen LogP contribution in [0, 0.1) is 6.92 Å². The number of sulfonamides is 1. The zero-order valence-electron chi connectivity index (χ0n) is 25.2. The molecular weight excluding hydrogens is 550 g/mol. The molecule has 0 spiro atoms. The number of aryl methyl sites for hydroxylation is 1. The van der Waals surface area contributed by atoms with Crippen LogP contribution in [0.2, 0.25) is 0 Å². The van der Waals surface area contributed by atoms with Crippen LogP contribution in [0.1, 0.15) is 49.8 Å². The Morgan fingerprint density at radius 2 is 1.62 bits per heavy atom. The van der Waals surface area contributed by atoms with Crippen LogP contribution in [0.25, 0.3) is 0 Å². The Hall–Kier alpha value is -3.85. The van der Waals surface area contributed by atoms with Crippen molar-refractivity contribution < 1.29 is 22.7 Å². The maximum atomic E-state index is 14.0. The highest BCUT2D eigenvalue weighted by Gasteiger charge is 2.31. The molecule has 0 aromatic heterocycles. The lowest BCUT2D eigenvalue weighted by atomic mass is 10.0. The van der Waals surface area contributed by atoms with Crippen LogP contribution in [-0.2, 0) is 32.6 Å². The van der Waals surface area contributed by atoms with Gasteiger partial charge in [0.2, 0.25) is 21.8 Å². The summed E-state index contributed by atoms with van der Waals surface area (Å²) in [6.07, 6.45) is 2.59. The Bertz CT molecular complexity index is 1430. The van der Waals surface area contributed by atoms with Crippen molar-refractivity contribution in [2.24, 2.45) is 0 Å². The molecule has 8 nitrogen and oxygen atoms in total. The van der Waals surface area contributed by atoms with Crippen LogP contribution in [0.5, 0.6) is 5.75 Å². The molecule has 0 aliphatic heterocycles. The first kappa shape index (κ1) is 32.7. The number of rotatable bonds is 15. The average molecular weight is 594 g/mol. The standard InChI is InChI=1S/C33H43N3O5S/c1-6-26(3)34-33(38)30(23-27-15-8-7-9-16-27)35(24-28-17-12-14-25(2)22-28)32(37)20-13-21-36(42(5,39)40)29-18-10-11-19-31(29)41-4/h7-12,14-19,22,26,30H,6,13,20-21,23-24H2,1-5H3,(H,34,38)/t26-,30-/m0/s1. The fourth-order valence-electron chi connectivity index (χ4n) is 4.82. The molecule has 2 atom stereocenters. The van der Waals surface area contributed by atoms with E-state index in [9.17, 15) is 18.0 Å². The molecule has 1 N–H and O–H groups in total. The predicted octanol–water partition coefficient (Wildman–Crippen LogP) is 5.10. The van der Waals surface area contributed by atoms with E-state index in [1.807, 2.05) is 75.4 Å². The van der Waals surface area contributed by atoms with E-state index < -0.39 is 16.1 Å². The highest BCUT2D eigenvalue weighted by molar-refractivity contribution is 7.92. The first-order valence-corrected chi connectivity index (χ1v) is 16.2. The van der Waals surface area contributed by atoms with Gasteiger partial charge in [-0.15, -0.1) is 0 Å². The number of carbonyl (C=O) groups is 2. The lowest BCUT2D eigenvalue weighted by Crippen LogP contribution is -2.52. The normalized spacial score (nSPS) is 12.7. The molecule has 0 fully saturated rings. The summed E-state index contributed by atoms with van der Waals surface area (Å²) in [6.45, 7) is 6.29. The number of methoxy groups -OCH3 is 1. The fraction of sp³-hybridized carbons (Fsp3) is 0.394. The summed E-state index contributed by atoms with van der Waals surface area (Å²) >= 11 is 0. The Labute approximate surface area is 250 Å². The first-order valence-electron chi connectivity index (χ1n) is 14.3. The molecule has 3 aromatic rings. The van der Waals surface area contributed by atoms with Crippen molar-refractivity contribution in [1.29, 1.82) is 0 Å². The minimum Gasteiger partial charge on any atom is -0.495 e. The number of ether oxygens (including phenoxy) is 1. The van der Waals surface area contributed by atoms with E-state index in [0.29, 0.717) is 17.9 Å². The van der Waals surface area contributed by atoms with Crippen molar-refractivity contribution in [3.05, 3.63) is 95.6 Å². The van der Waals surface area contributed by atoms with Gasteiger partial charge in [-0.05, 0) is 49.9 Å². The van der Waals surface area contributed by atoms with Crippen molar-refractivity contribution in [2.75, 3.05) is 24.2 Å². The molecule has 42 heavy (non-hydrogen) atoms. The molecule has 0 heterocycles. The van der Waals surface area contributed by atoms with Crippen LogP contribution in [-0.4, -0.2) is 57.1 Å². The number of nitrogens with zero attached hydrogens (tertiary/aromatic N) is 2. The third-order valence-electron chi connectivity index (χ3n) is 7.21. The number of nitrogens with one attached hydrogen (secondary N) is 1. The fourth-order valence-corrected chi connectivity index (χ4v) is 5.79. The maximum absolute atomic E-state index is 14.0. The highest BCUT2D eigenvalue weighted by atomic mass is 32.2. The van der Waals surface area contributed by atoms with Gasteiger partial charge in [0.15, 0.2) is 0 Å². The van der Waals surface area contributed by atoms with Gasteiger partial charge in [0, 0.05) is 32.0 Å². The molecule has 226 valence electrons. The molecule has 0 radical (unpaired) electrons. The van der Waals surface area contributed by atoms with Crippen molar-refractivity contribution in [3.63, 3.8) is 0 Å². The molecule has 0 bridgehead atoms. The van der Waals surface area contributed by atoms with Gasteiger partial charge in [-0.1, -0.05) is 79.2 Å².